The number of hydrogen-bond acceptors (Lipinski definition) is 3. The molecule has 0 heterocycles. The maximum absolute atomic E-state index is 10.7. The van der Waals surface area contributed by atoms with Gasteiger partial charge in [0.1, 0.15) is 6.04 Å². The third kappa shape index (κ3) is 2.27. The van der Waals surface area contributed by atoms with E-state index in [1.165, 1.54) is 0 Å². The van der Waals surface area contributed by atoms with E-state index < -0.39 is 12.0 Å². The topological polar surface area (TPSA) is 75.3 Å². The van der Waals surface area contributed by atoms with Crippen molar-refractivity contribution in [2.24, 2.45) is 5.84 Å². The van der Waals surface area contributed by atoms with Crippen LogP contribution in [0.25, 0.3) is 0 Å². The minimum absolute atomic E-state index is 0.662. The van der Waals surface area contributed by atoms with Crippen LogP contribution in [-0.4, -0.2) is 11.1 Å². The van der Waals surface area contributed by atoms with Crippen LogP contribution in [0.2, 0.25) is 0 Å². The molecule has 13 heavy (non-hydrogen) atoms. The minimum Gasteiger partial charge on any atom is -0.480 e. The van der Waals surface area contributed by atoms with E-state index in [2.05, 4.69) is 5.43 Å². The standard InChI is InChI=1S/C9H12N2O2/c1-6-3-2-4-7(5-6)8(11-10)9(12)13/h2-5,8,11H,10H2,1H3,(H,12,13). The van der Waals surface area contributed by atoms with Gasteiger partial charge >= 0.3 is 5.97 Å². The van der Waals surface area contributed by atoms with Gasteiger partial charge in [-0.2, -0.15) is 0 Å². The fourth-order valence-corrected chi connectivity index (χ4v) is 1.16. The smallest absolute Gasteiger partial charge is 0.326 e. The second kappa shape index (κ2) is 4.02. The molecule has 1 atom stereocenters. The number of carboxylic acids is 1. The van der Waals surface area contributed by atoms with Crippen molar-refractivity contribution in [3.63, 3.8) is 0 Å². The molecule has 1 aromatic rings. The number of aryl methyl sites for hydroxylation is 1. The highest BCUT2D eigenvalue weighted by molar-refractivity contribution is 5.75. The van der Waals surface area contributed by atoms with Crippen LogP contribution in [0.15, 0.2) is 24.3 Å². The maximum Gasteiger partial charge on any atom is 0.326 e. The molecule has 1 rings (SSSR count). The van der Waals surface area contributed by atoms with Gasteiger partial charge in [0.25, 0.3) is 0 Å². The largest absolute Gasteiger partial charge is 0.480 e. The van der Waals surface area contributed by atoms with E-state index in [1.807, 2.05) is 13.0 Å². The van der Waals surface area contributed by atoms with Crippen molar-refractivity contribution in [2.45, 2.75) is 13.0 Å². The van der Waals surface area contributed by atoms with Crippen LogP contribution in [0.5, 0.6) is 0 Å². The highest BCUT2D eigenvalue weighted by Gasteiger charge is 2.17. The number of carboxylic acid groups (broad SMARTS) is 1. The SMILES string of the molecule is Cc1cccc(C(NN)C(=O)O)c1. The lowest BCUT2D eigenvalue weighted by atomic mass is 10.1. The molecule has 1 unspecified atom stereocenters. The van der Waals surface area contributed by atoms with Gasteiger partial charge in [-0.05, 0) is 12.5 Å². The summed E-state index contributed by atoms with van der Waals surface area (Å²) in [4.78, 5) is 10.7. The molecule has 0 saturated heterocycles. The van der Waals surface area contributed by atoms with Crippen LogP contribution < -0.4 is 11.3 Å². The second-order valence-corrected chi connectivity index (χ2v) is 2.85. The molecule has 0 aliphatic rings. The highest BCUT2D eigenvalue weighted by atomic mass is 16.4. The fourth-order valence-electron chi connectivity index (χ4n) is 1.16. The second-order valence-electron chi connectivity index (χ2n) is 2.85. The van der Waals surface area contributed by atoms with Crippen molar-refractivity contribution in [3.05, 3.63) is 35.4 Å². The molecule has 70 valence electrons. The molecule has 0 radical (unpaired) electrons. The fraction of sp³-hybridized carbons (Fsp3) is 0.222. The van der Waals surface area contributed by atoms with Gasteiger partial charge in [0.15, 0.2) is 0 Å². The number of hydrazine groups is 1. The Kier molecular flexibility index (Phi) is 3.00. The normalized spacial score (nSPS) is 12.5. The monoisotopic (exact) mass is 180 g/mol. The van der Waals surface area contributed by atoms with E-state index in [4.69, 9.17) is 10.9 Å². The third-order valence-corrected chi connectivity index (χ3v) is 1.79. The molecule has 0 fully saturated rings. The molecule has 0 aliphatic heterocycles. The summed E-state index contributed by atoms with van der Waals surface area (Å²) in [6, 6.07) is 6.39. The lowest BCUT2D eigenvalue weighted by molar-refractivity contribution is -0.139. The van der Waals surface area contributed by atoms with Crippen LogP contribution in [-0.2, 0) is 4.79 Å². The number of nitrogens with two attached hydrogens (primary N) is 1. The first-order valence-corrected chi connectivity index (χ1v) is 3.90. The van der Waals surface area contributed by atoms with Gasteiger partial charge < -0.3 is 5.11 Å². The molecule has 0 amide bonds. The summed E-state index contributed by atoms with van der Waals surface area (Å²) in [6.45, 7) is 1.90. The average Bonchev–Trinajstić information content (AvgIpc) is 2.04. The molecule has 0 spiro atoms. The summed E-state index contributed by atoms with van der Waals surface area (Å²) in [5, 5.41) is 8.78. The van der Waals surface area contributed by atoms with Gasteiger partial charge in [-0.1, -0.05) is 29.8 Å². The van der Waals surface area contributed by atoms with Crippen LogP contribution >= 0.6 is 0 Å². The molecule has 1 aromatic carbocycles. The quantitative estimate of drug-likeness (QED) is 0.470. The van der Waals surface area contributed by atoms with Crippen LogP contribution in [0.3, 0.4) is 0 Å². The van der Waals surface area contributed by atoms with Crippen LogP contribution in [0, 0.1) is 6.92 Å². The molecule has 0 bridgehead atoms. The lowest BCUT2D eigenvalue weighted by Crippen LogP contribution is -2.33. The minimum atomic E-state index is -0.979. The summed E-state index contributed by atoms with van der Waals surface area (Å²) in [5.74, 6) is 4.15. The van der Waals surface area contributed by atoms with Crippen LogP contribution in [0.4, 0.5) is 0 Å². The number of nitrogens with one attached hydrogen (secondary N) is 1. The van der Waals surface area contributed by atoms with Gasteiger partial charge in [0.2, 0.25) is 0 Å². The van der Waals surface area contributed by atoms with E-state index in [0.29, 0.717) is 5.56 Å². The first kappa shape index (κ1) is 9.70. The van der Waals surface area contributed by atoms with E-state index in [9.17, 15) is 4.79 Å². The number of benzene rings is 1. The molecule has 4 nitrogen and oxygen atoms in total. The van der Waals surface area contributed by atoms with Gasteiger partial charge in [0.05, 0.1) is 0 Å². The first-order chi connectivity index (χ1) is 6.15. The summed E-state index contributed by atoms with van der Waals surface area (Å²) in [5.41, 5.74) is 3.92. The lowest BCUT2D eigenvalue weighted by Gasteiger charge is -2.11. The number of hydrogen-bond donors (Lipinski definition) is 3. The molecule has 0 aromatic heterocycles. The van der Waals surface area contributed by atoms with Crippen LogP contribution in [0.1, 0.15) is 17.2 Å². The van der Waals surface area contributed by atoms with Crippen molar-refractivity contribution >= 4 is 5.97 Å². The molecule has 0 aliphatic carbocycles. The maximum atomic E-state index is 10.7. The van der Waals surface area contributed by atoms with Crippen molar-refractivity contribution in [3.8, 4) is 0 Å². The Morgan fingerprint density at radius 2 is 2.31 bits per heavy atom. The first-order valence-electron chi connectivity index (χ1n) is 3.90. The Balaban J connectivity index is 2.98. The Morgan fingerprint density at radius 1 is 1.62 bits per heavy atom. The van der Waals surface area contributed by atoms with E-state index in [0.717, 1.165) is 5.56 Å². The number of carbonyl (C=O) groups is 1. The van der Waals surface area contributed by atoms with Crippen molar-refractivity contribution < 1.29 is 9.90 Å². The third-order valence-electron chi connectivity index (χ3n) is 1.79. The van der Waals surface area contributed by atoms with Crippen molar-refractivity contribution in [2.75, 3.05) is 0 Å². The summed E-state index contributed by atoms with van der Waals surface area (Å²) < 4.78 is 0. The zero-order valence-electron chi connectivity index (χ0n) is 7.32. The average molecular weight is 180 g/mol. The molecule has 0 saturated carbocycles. The Labute approximate surface area is 76.3 Å². The summed E-state index contributed by atoms with van der Waals surface area (Å²) >= 11 is 0. The van der Waals surface area contributed by atoms with Crippen molar-refractivity contribution in [1.82, 2.24) is 5.43 Å². The van der Waals surface area contributed by atoms with Gasteiger partial charge in [-0.25, -0.2) is 5.43 Å². The molecule has 4 N–H and O–H groups in total. The van der Waals surface area contributed by atoms with Gasteiger partial charge in [0, 0.05) is 0 Å². The summed E-state index contributed by atoms with van der Waals surface area (Å²) in [6.07, 6.45) is 0. The number of rotatable bonds is 3. The predicted molar refractivity (Wildman–Crippen MR) is 48.9 cm³/mol. The van der Waals surface area contributed by atoms with E-state index in [1.54, 1.807) is 18.2 Å². The Morgan fingerprint density at radius 3 is 2.77 bits per heavy atom. The molecular weight excluding hydrogens is 168 g/mol. The Hall–Kier alpha value is -1.39. The predicted octanol–water partition coefficient (Wildman–Crippen LogP) is 0.584. The number of aliphatic carboxylic acids is 1. The van der Waals surface area contributed by atoms with Gasteiger partial charge in [-0.3, -0.25) is 10.6 Å². The highest BCUT2D eigenvalue weighted by Crippen LogP contribution is 2.13. The molecular formula is C9H12N2O2. The van der Waals surface area contributed by atoms with Crippen molar-refractivity contribution in [1.29, 1.82) is 0 Å². The Bertz CT molecular complexity index is 312. The summed E-state index contributed by atoms with van der Waals surface area (Å²) in [7, 11) is 0. The zero-order chi connectivity index (χ0) is 9.84. The molecule has 4 heteroatoms. The van der Waals surface area contributed by atoms with E-state index in [-0.39, 0.29) is 0 Å². The van der Waals surface area contributed by atoms with Gasteiger partial charge in [-0.15, -0.1) is 0 Å². The zero-order valence-corrected chi connectivity index (χ0v) is 7.32. The van der Waals surface area contributed by atoms with E-state index >= 15 is 0 Å².